The van der Waals surface area contributed by atoms with Crippen molar-refractivity contribution in [2.75, 3.05) is 0 Å². The quantitative estimate of drug-likeness (QED) is 0.292. The third-order valence-corrected chi connectivity index (χ3v) is 2.49. The summed E-state index contributed by atoms with van der Waals surface area (Å²) < 4.78 is 4.94. The molecule has 0 spiro atoms. The molecule has 102 valence electrons. The molecule has 0 aliphatic heterocycles. The Labute approximate surface area is 112 Å². The summed E-state index contributed by atoms with van der Waals surface area (Å²) >= 11 is 0. The molecule has 0 bridgehead atoms. The Kier molecular flexibility index (Phi) is 3.52. The van der Waals surface area contributed by atoms with Crippen molar-refractivity contribution in [1.29, 1.82) is 0 Å². The van der Waals surface area contributed by atoms with Crippen LogP contribution in [0, 0.1) is 10.1 Å². The third-order valence-electron chi connectivity index (χ3n) is 2.49. The van der Waals surface area contributed by atoms with Crippen LogP contribution >= 0.6 is 0 Å². The van der Waals surface area contributed by atoms with E-state index in [9.17, 15) is 25.1 Å². The van der Waals surface area contributed by atoms with Crippen LogP contribution < -0.4 is 4.74 Å². The average molecular weight is 275 g/mol. The minimum atomic E-state index is -0.882. The van der Waals surface area contributed by atoms with E-state index in [1.807, 2.05) is 0 Å². The van der Waals surface area contributed by atoms with Gasteiger partial charge >= 0.3 is 5.97 Å². The summed E-state index contributed by atoms with van der Waals surface area (Å²) in [7, 11) is 0. The van der Waals surface area contributed by atoms with Crippen LogP contribution in [0.3, 0.4) is 0 Å². The number of para-hydroxylation sites is 1. The maximum absolute atomic E-state index is 11.8. The van der Waals surface area contributed by atoms with Crippen molar-refractivity contribution in [3.63, 3.8) is 0 Å². The number of phenolic OH excluding ortho intramolecular Hbond substituents is 2. The zero-order valence-corrected chi connectivity index (χ0v) is 10.0. The van der Waals surface area contributed by atoms with Crippen molar-refractivity contribution in [3.05, 3.63) is 58.1 Å². The maximum Gasteiger partial charge on any atom is 0.347 e. The Hall–Kier alpha value is -3.09. The Morgan fingerprint density at radius 3 is 2.35 bits per heavy atom. The first-order chi connectivity index (χ1) is 9.49. The monoisotopic (exact) mass is 275 g/mol. The van der Waals surface area contributed by atoms with Crippen LogP contribution in [0.25, 0.3) is 0 Å². The van der Waals surface area contributed by atoms with E-state index in [2.05, 4.69) is 0 Å². The molecular weight excluding hydrogens is 266 g/mol. The van der Waals surface area contributed by atoms with Gasteiger partial charge in [-0.25, -0.2) is 4.79 Å². The Morgan fingerprint density at radius 2 is 1.75 bits per heavy atom. The van der Waals surface area contributed by atoms with Crippen LogP contribution in [0.15, 0.2) is 42.5 Å². The number of aromatic hydroxyl groups is 2. The van der Waals surface area contributed by atoms with Gasteiger partial charge in [0.1, 0.15) is 11.3 Å². The molecule has 0 amide bonds. The van der Waals surface area contributed by atoms with Crippen molar-refractivity contribution >= 4 is 11.7 Å². The summed E-state index contributed by atoms with van der Waals surface area (Å²) in [6.07, 6.45) is 0. The van der Waals surface area contributed by atoms with E-state index in [1.54, 1.807) is 0 Å². The molecule has 0 radical (unpaired) electrons. The topological polar surface area (TPSA) is 110 Å². The summed E-state index contributed by atoms with van der Waals surface area (Å²) in [5.74, 6) is -1.82. The van der Waals surface area contributed by atoms with Gasteiger partial charge in [-0.3, -0.25) is 10.1 Å². The second-order valence-electron chi connectivity index (χ2n) is 3.81. The minimum Gasteiger partial charge on any atom is -0.504 e. The summed E-state index contributed by atoms with van der Waals surface area (Å²) in [4.78, 5) is 21.7. The number of ether oxygens (including phenoxy) is 1. The molecule has 0 aromatic heterocycles. The Bertz CT molecular complexity index is 665. The van der Waals surface area contributed by atoms with Crippen molar-refractivity contribution < 1.29 is 24.7 Å². The maximum atomic E-state index is 11.8. The van der Waals surface area contributed by atoms with Crippen LogP contribution in [0.5, 0.6) is 17.2 Å². The van der Waals surface area contributed by atoms with Crippen LogP contribution in [-0.2, 0) is 0 Å². The van der Waals surface area contributed by atoms with Crippen LogP contribution in [0.1, 0.15) is 10.4 Å². The van der Waals surface area contributed by atoms with Crippen LogP contribution in [0.2, 0.25) is 0 Å². The molecule has 0 aliphatic rings. The molecule has 0 unspecified atom stereocenters. The fraction of sp³-hybridized carbons (Fsp3) is 0. The lowest BCUT2D eigenvalue weighted by Gasteiger charge is -2.06. The number of hydrogen-bond acceptors (Lipinski definition) is 6. The Balaban J connectivity index is 2.19. The number of non-ortho nitro benzene ring substituents is 1. The first-order valence-corrected chi connectivity index (χ1v) is 5.46. The predicted octanol–water partition coefficient (Wildman–Crippen LogP) is 2.23. The molecule has 0 saturated carbocycles. The number of rotatable bonds is 3. The molecular formula is C13H9NO6. The number of phenols is 2. The second kappa shape index (κ2) is 5.27. The average Bonchev–Trinajstić information content (AvgIpc) is 2.42. The van der Waals surface area contributed by atoms with Gasteiger partial charge in [-0.15, -0.1) is 0 Å². The van der Waals surface area contributed by atoms with Gasteiger partial charge in [0.25, 0.3) is 5.69 Å². The molecule has 7 nitrogen and oxygen atoms in total. The van der Waals surface area contributed by atoms with Gasteiger partial charge in [0, 0.05) is 12.1 Å². The van der Waals surface area contributed by atoms with Crippen molar-refractivity contribution in [3.8, 4) is 17.2 Å². The zero-order chi connectivity index (χ0) is 14.7. The highest BCUT2D eigenvalue weighted by molar-refractivity contribution is 5.94. The molecule has 2 aromatic carbocycles. The van der Waals surface area contributed by atoms with E-state index < -0.39 is 22.4 Å². The first-order valence-electron chi connectivity index (χ1n) is 5.46. The van der Waals surface area contributed by atoms with E-state index in [4.69, 9.17) is 4.74 Å². The molecule has 0 saturated heterocycles. The lowest BCUT2D eigenvalue weighted by Crippen LogP contribution is -2.08. The largest absolute Gasteiger partial charge is 0.504 e. The molecule has 20 heavy (non-hydrogen) atoms. The molecule has 0 fully saturated rings. The van der Waals surface area contributed by atoms with E-state index >= 15 is 0 Å². The van der Waals surface area contributed by atoms with Gasteiger partial charge in [0.05, 0.1) is 4.92 Å². The number of nitro groups is 1. The molecule has 0 heterocycles. The summed E-state index contributed by atoms with van der Waals surface area (Å²) in [5, 5.41) is 29.3. The van der Waals surface area contributed by atoms with E-state index in [0.717, 1.165) is 0 Å². The molecule has 0 atom stereocenters. The summed E-state index contributed by atoms with van der Waals surface area (Å²) in [6, 6.07) is 8.77. The summed E-state index contributed by atoms with van der Waals surface area (Å²) in [6.45, 7) is 0. The minimum absolute atomic E-state index is 0.0864. The predicted molar refractivity (Wildman–Crippen MR) is 67.8 cm³/mol. The van der Waals surface area contributed by atoms with Gasteiger partial charge < -0.3 is 14.9 Å². The van der Waals surface area contributed by atoms with Gasteiger partial charge in [-0.2, -0.15) is 0 Å². The SMILES string of the molecule is O=C(Oc1ccc([N+](=O)[O-])cc1)c1cccc(O)c1O. The van der Waals surface area contributed by atoms with Gasteiger partial charge in [0.2, 0.25) is 0 Å². The highest BCUT2D eigenvalue weighted by Crippen LogP contribution is 2.29. The highest BCUT2D eigenvalue weighted by atomic mass is 16.6. The number of esters is 1. The van der Waals surface area contributed by atoms with Crippen LogP contribution in [0.4, 0.5) is 5.69 Å². The Morgan fingerprint density at radius 1 is 1.10 bits per heavy atom. The number of nitrogens with zero attached hydrogens (tertiary/aromatic N) is 1. The fourth-order valence-electron chi connectivity index (χ4n) is 1.49. The normalized spacial score (nSPS) is 10.0. The number of carbonyl (C=O) groups is 1. The molecule has 2 N–H and O–H groups in total. The lowest BCUT2D eigenvalue weighted by molar-refractivity contribution is -0.384. The summed E-state index contributed by atoms with van der Waals surface area (Å²) in [5.41, 5.74) is -0.339. The van der Waals surface area contributed by atoms with E-state index in [-0.39, 0.29) is 17.0 Å². The first kappa shape index (κ1) is 13.3. The van der Waals surface area contributed by atoms with Gasteiger partial charge in [-0.1, -0.05) is 6.07 Å². The number of carbonyl (C=O) groups excluding carboxylic acids is 1. The van der Waals surface area contributed by atoms with Crippen LogP contribution in [-0.4, -0.2) is 21.1 Å². The molecule has 0 aliphatic carbocycles. The van der Waals surface area contributed by atoms with E-state index in [1.165, 1.54) is 42.5 Å². The molecule has 7 heteroatoms. The molecule has 2 rings (SSSR count). The zero-order valence-electron chi connectivity index (χ0n) is 10.0. The number of nitro benzene ring substituents is 1. The number of benzene rings is 2. The standard InChI is InChI=1S/C13H9NO6/c15-11-3-1-2-10(12(11)16)13(17)20-9-6-4-8(5-7-9)14(18)19/h1-7,15-16H. The van der Waals surface area contributed by atoms with Crippen molar-refractivity contribution in [2.24, 2.45) is 0 Å². The van der Waals surface area contributed by atoms with Gasteiger partial charge in [-0.05, 0) is 24.3 Å². The van der Waals surface area contributed by atoms with Crippen molar-refractivity contribution in [1.82, 2.24) is 0 Å². The molecule has 2 aromatic rings. The van der Waals surface area contributed by atoms with Gasteiger partial charge in [0.15, 0.2) is 11.5 Å². The smallest absolute Gasteiger partial charge is 0.347 e. The number of hydrogen-bond donors (Lipinski definition) is 2. The second-order valence-corrected chi connectivity index (χ2v) is 3.81. The third kappa shape index (κ3) is 2.66. The fourth-order valence-corrected chi connectivity index (χ4v) is 1.49. The highest BCUT2D eigenvalue weighted by Gasteiger charge is 2.16. The van der Waals surface area contributed by atoms with Crippen molar-refractivity contribution in [2.45, 2.75) is 0 Å². The van der Waals surface area contributed by atoms with E-state index in [0.29, 0.717) is 0 Å². The lowest BCUT2D eigenvalue weighted by atomic mass is 10.2.